The lowest BCUT2D eigenvalue weighted by molar-refractivity contribution is -0.112. The van der Waals surface area contributed by atoms with Crippen LogP contribution in [0.3, 0.4) is 0 Å². The molecule has 0 saturated carbocycles. The van der Waals surface area contributed by atoms with Gasteiger partial charge in [-0.15, -0.1) is 0 Å². The van der Waals surface area contributed by atoms with Crippen molar-refractivity contribution in [2.45, 2.75) is 40.7 Å². The van der Waals surface area contributed by atoms with Crippen LogP contribution in [0.25, 0.3) is 21.9 Å². The summed E-state index contributed by atoms with van der Waals surface area (Å²) < 4.78 is 15.1. The minimum absolute atomic E-state index is 0.0153. The lowest BCUT2D eigenvalue weighted by Crippen LogP contribution is -2.49. The van der Waals surface area contributed by atoms with Crippen molar-refractivity contribution in [1.82, 2.24) is 30.4 Å². The molecule has 0 aliphatic carbocycles. The molecule has 3 aromatic heterocycles. The fourth-order valence-corrected chi connectivity index (χ4v) is 7.24. The highest BCUT2D eigenvalue weighted by molar-refractivity contribution is 6.06. The molecule has 3 amide bonds. The fraction of sp³-hybridized carbons (Fsp3) is 0.222. The van der Waals surface area contributed by atoms with Gasteiger partial charge in [0.25, 0.3) is 28.8 Å². The number of nitrogens with one attached hydrogen (secondary N) is 4. The van der Waals surface area contributed by atoms with Gasteiger partial charge in [0, 0.05) is 84.4 Å². The van der Waals surface area contributed by atoms with E-state index in [-0.39, 0.29) is 23.2 Å². The number of anilines is 2. The number of nitrogens with zero attached hydrogens (tertiary/aromatic N) is 4. The normalized spacial score (nSPS) is 12.7. The molecule has 0 spiro atoms. The van der Waals surface area contributed by atoms with E-state index in [0.717, 1.165) is 11.3 Å². The molecule has 14 heteroatoms. The third-order valence-corrected chi connectivity index (χ3v) is 10.6. The Kier molecular flexibility index (Phi) is 11.3. The van der Waals surface area contributed by atoms with E-state index in [4.69, 9.17) is 4.98 Å². The number of rotatable bonds is 10. The maximum absolute atomic E-state index is 15.1. The molecule has 4 heterocycles. The first kappa shape index (κ1) is 40.0. The van der Waals surface area contributed by atoms with Crippen molar-refractivity contribution in [3.05, 3.63) is 162 Å². The number of benzene rings is 3. The number of aryl methyl sites for hydroxylation is 2. The summed E-state index contributed by atoms with van der Waals surface area (Å²) >= 11 is 0. The number of carbonyl (C=O) groups excluding carboxylic acids is 3. The van der Waals surface area contributed by atoms with Gasteiger partial charge >= 0.3 is 0 Å². The van der Waals surface area contributed by atoms with Crippen LogP contribution in [0.1, 0.15) is 61.3 Å². The summed E-state index contributed by atoms with van der Waals surface area (Å²) in [6, 6.07) is 20.6. The largest absolute Gasteiger partial charge is 0.353 e. The summed E-state index contributed by atoms with van der Waals surface area (Å²) in [7, 11) is 0. The number of pyridine rings is 2. The average molecular weight is 795 g/mol. The van der Waals surface area contributed by atoms with E-state index < -0.39 is 23.5 Å². The Bertz CT molecular complexity index is 2770. The van der Waals surface area contributed by atoms with E-state index in [1.54, 1.807) is 68.3 Å². The van der Waals surface area contributed by atoms with Crippen LogP contribution < -0.4 is 26.7 Å². The molecule has 1 aliphatic rings. The highest BCUT2D eigenvalue weighted by Crippen LogP contribution is 2.30. The van der Waals surface area contributed by atoms with Crippen LogP contribution in [0, 0.1) is 26.6 Å². The molecular weight excluding hydrogens is 752 g/mol. The van der Waals surface area contributed by atoms with Gasteiger partial charge in [-0.1, -0.05) is 30.8 Å². The van der Waals surface area contributed by atoms with Gasteiger partial charge < -0.3 is 25.4 Å². The topological polar surface area (TPSA) is 173 Å². The first-order valence-corrected chi connectivity index (χ1v) is 19.1. The van der Waals surface area contributed by atoms with Gasteiger partial charge in [-0.2, -0.15) is 5.10 Å². The zero-order valence-electron chi connectivity index (χ0n) is 33.2. The first-order chi connectivity index (χ1) is 28.3. The smallest absolute Gasteiger partial charge is 0.272 e. The lowest BCUT2D eigenvalue weighted by atomic mass is 9.97. The Morgan fingerprint density at radius 2 is 1.61 bits per heavy atom. The number of H-pyrrole nitrogens is 2. The van der Waals surface area contributed by atoms with E-state index in [1.807, 2.05) is 42.2 Å². The van der Waals surface area contributed by atoms with E-state index in [1.165, 1.54) is 6.07 Å². The van der Waals surface area contributed by atoms with Gasteiger partial charge in [-0.25, -0.2) is 14.5 Å². The minimum Gasteiger partial charge on any atom is -0.353 e. The number of aromatic nitrogens is 4. The van der Waals surface area contributed by atoms with Crippen molar-refractivity contribution in [2.75, 3.05) is 36.4 Å². The number of amides is 3. The zero-order chi connectivity index (χ0) is 42.0. The van der Waals surface area contributed by atoms with Crippen molar-refractivity contribution in [1.29, 1.82) is 0 Å². The molecule has 1 saturated heterocycles. The van der Waals surface area contributed by atoms with Crippen molar-refractivity contribution in [2.24, 2.45) is 0 Å². The molecule has 0 radical (unpaired) electrons. The molecule has 4 N–H and O–H groups in total. The quantitative estimate of drug-likeness (QED) is 0.127. The summed E-state index contributed by atoms with van der Waals surface area (Å²) in [5, 5.41) is 13.7. The molecule has 59 heavy (non-hydrogen) atoms. The van der Waals surface area contributed by atoms with Crippen LogP contribution in [0.15, 0.2) is 101 Å². The van der Waals surface area contributed by atoms with E-state index in [2.05, 4.69) is 32.4 Å². The molecule has 0 bridgehead atoms. The highest BCUT2D eigenvalue weighted by atomic mass is 19.1. The maximum Gasteiger partial charge on any atom is 0.272 e. The monoisotopic (exact) mass is 794 g/mol. The Morgan fingerprint density at radius 1 is 0.864 bits per heavy atom. The summed E-state index contributed by atoms with van der Waals surface area (Å²) in [5.41, 5.74) is 5.54. The molecule has 6 aromatic rings. The molecule has 3 aromatic carbocycles. The summed E-state index contributed by atoms with van der Waals surface area (Å²) in [6.07, 6.45) is 1.98. The standard InChI is InChI=1S/C45H43FN8O5/c1-25(2)41(55)50-38-22-31(21-34(28(38)5)42(56)48-24-36-26(3)18-27(4)49-43(36)57)30-11-13-40(47-23-30)53-14-16-54(17-15-53)45(59)35-19-29(10-12-37(35)46)20-39-32-8-6-7-9-33(32)44(58)52-51-39/h6-13,18-19,21-23H,1,14-17,20,24H2,2-5H3,(H,48,56)(H,49,57)(H,50,55)(H,52,58). The van der Waals surface area contributed by atoms with Gasteiger partial charge in [0.2, 0.25) is 0 Å². The van der Waals surface area contributed by atoms with E-state index in [9.17, 15) is 24.0 Å². The Morgan fingerprint density at radius 3 is 2.31 bits per heavy atom. The second-order valence-corrected chi connectivity index (χ2v) is 14.8. The number of piperazine rings is 1. The first-order valence-electron chi connectivity index (χ1n) is 19.1. The predicted molar refractivity (Wildman–Crippen MR) is 225 cm³/mol. The summed E-state index contributed by atoms with van der Waals surface area (Å²) in [6.45, 7) is 12.3. The van der Waals surface area contributed by atoms with Crippen LogP contribution in [0.4, 0.5) is 15.9 Å². The van der Waals surface area contributed by atoms with Crippen LogP contribution >= 0.6 is 0 Å². The maximum atomic E-state index is 15.1. The second-order valence-electron chi connectivity index (χ2n) is 14.8. The fourth-order valence-electron chi connectivity index (χ4n) is 7.24. The van der Waals surface area contributed by atoms with Gasteiger partial charge in [0.15, 0.2) is 0 Å². The molecule has 0 unspecified atom stereocenters. The number of hydrogen-bond acceptors (Lipinski definition) is 8. The number of halogens is 1. The van der Waals surface area contributed by atoms with Crippen LogP contribution in [0.2, 0.25) is 0 Å². The Balaban J connectivity index is 1.05. The van der Waals surface area contributed by atoms with Gasteiger partial charge in [0.05, 0.1) is 16.6 Å². The van der Waals surface area contributed by atoms with Crippen molar-refractivity contribution >= 4 is 40.0 Å². The van der Waals surface area contributed by atoms with Crippen LogP contribution in [-0.2, 0) is 17.8 Å². The molecule has 0 atom stereocenters. The lowest BCUT2D eigenvalue weighted by Gasteiger charge is -2.35. The van der Waals surface area contributed by atoms with Gasteiger partial charge in [-0.05, 0) is 98.5 Å². The van der Waals surface area contributed by atoms with E-state index >= 15 is 4.39 Å². The third kappa shape index (κ3) is 8.56. The second kappa shape index (κ2) is 16.7. The number of hydrogen-bond donors (Lipinski definition) is 4. The summed E-state index contributed by atoms with van der Waals surface area (Å²) in [4.78, 5) is 76.0. The number of carbonyl (C=O) groups is 3. The van der Waals surface area contributed by atoms with Crippen LogP contribution in [-0.4, -0.2) is 69.0 Å². The minimum atomic E-state index is -0.617. The molecular formula is C45H43FN8O5. The molecule has 1 fully saturated rings. The summed E-state index contributed by atoms with van der Waals surface area (Å²) in [5.74, 6) is -1.17. The average Bonchev–Trinajstić information content (AvgIpc) is 3.22. The van der Waals surface area contributed by atoms with Crippen LogP contribution in [0.5, 0.6) is 0 Å². The van der Waals surface area contributed by atoms with Gasteiger partial charge in [-0.3, -0.25) is 24.0 Å². The SMILES string of the molecule is C=C(C)C(=O)Nc1cc(-c2ccc(N3CCN(C(=O)c4cc(Cc5n[nH]c(=O)c6ccccc56)ccc4F)CC3)nc2)cc(C(=O)NCc2c(C)cc(C)[nH]c2=O)c1C. The molecule has 13 nitrogen and oxygen atoms in total. The Labute approximate surface area is 339 Å². The third-order valence-electron chi connectivity index (χ3n) is 10.6. The van der Waals surface area contributed by atoms with Crippen molar-refractivity contribution < 1.29 is 18.8 Å². The number of fused-ring (bicyclic) bond motifs is 1. The number of aromatic amines is 2. The van der Waals surface area contributed by atoms with Crippen molar-refractivity contribution in [3.63, 3.8) is 0 Å². The molecule has 300 valence electrons. The zero-order valence-corrected chi connectivity index (χ0v) is 33.2. The Hall–Kier alpha value is -7.22. The molecule has 1 aliphatic heterocycles. The predicted octanol–water partition coefficient (Wildman–Crippen LogP) is 5.74. The molecule has 7 rings (SSSR count). The highest BCUT2D eigenvalue weighted by Gasteiger charge is 2.26. The van der Waals surface area contributed by atoms with Crippen molar-refractivity contribution in [3.8, 4) is 11.1 Å². The van der Waals surface area contributed by atoms with Gasteiger partial charge in [0.1, 0.15) is 11.6 Å². The van der Waals surface area contributed by atoms with E-state index in [0.29, 0.717) is 99.5 Å².